The second-order valence-electron chi connectivity index (χ2n) is 8.46. The van der Waals surface area contributed by atoms with Gasteiger partial charge in [-0.3, -0.25) is 9.59 Å². The summed E-state index contributed by atoms with van der Waals surface area (Å²) in [6.45, 7) is 4.14. The minimum absolute atomic E-state index is 0.0346. The molecule has 1 heterocycles. The van der Waals surface area contributed by atoms with Crippen molar-refractivity contribution in [2.75, 3.05) is 23.3 Å². The van der Waals surface area contributed by atoms with Gasteiger partial charge in [0.25, 0.3) is 5.91 Å². The zero-order valence-corrected chi connectivity index (χ0v) is 19.1. The van der Waals surface area contributed by atoms with Gasteiger partial charge in [-0.15, -0.1) is 0 Å². The third-order valence-corrected chi connectivity index (χ3v) is 6.02. The molecule has 0 spiro atoms. The van der Waals surface area contributed by atoms with Crippen molar-refractivity contribution in [2.24, 2.45) is 0 Å². The van der Waals surface area contributed by atoms with Gasteiger partial charge in [0, 0.05) is 37.4 Å². The molecule has 4 rings (SSSR count). The van der Waals surface area contributed by atoms with Gasteiger partial charge < -0.3 is 15.5 Å². The van der Waals surface area contributed by atoms with Crippen molar-refractivity contribution < 1.29 is 9.59 Å². The fraction of sp³-hybridized carbons (Fsp3) is 0.286. The van der Waals surface area contributed by atoms with Crippen molar-refractivity contribution in [3.05, 3.63) is 95.1 Å². The predicted molar refractivity (Wildman–Crippen MR) is 134 cm³/mol. The molecule has 1 aliphatic rings. The highest BCUT2D eigenvalue weighted by molar-refractivity contribution is 6.02. The lowest BCUT2D eigenvalue weighted by Gasteiger charge is -2.32. The summed E-state index contributed by atoms with van der Waals surface area (Å²) in [5.41, 5.74) is 5.99. The van der Waals surface area contributed by atoms with Gasteiger partial charge in [0.2, 0.25) is 5.91 Å². The summed E-state index contributed by atoms with van der Waals surface area (Å²) in [5.74, 6) is -0.154. The molecule has 0 radical (unpaired) electrons. The highest BCUT2D eigenvalue weighted by Crippen LogP contribution is 2.29. The molecule has 0 aliphatic carbocycles. The van der Waals surface area contributed by atoms with E-state index < -0.39 is 0 Å². The molecule has 0 bridgehead atoms. The van der Waals surface area contributed by atoms with Gasteiger partial charge in [-0.05, 0) is 54.2 Å². The summed E-state index contributed by atoms with van der Waals surface area (Å²) in [4.78, 5) is 27.6. The number of nitrogens with one attached hydrogen (secondary N) is 2. The number of carbonyl (C=O) groups is 2. The van der Waals surface area contributed by atoms with E-state index in [4.69, 9.17) is 0 Å². The van der Waals surface area contributed by atoms with Gasteiger partial charge in [0.1, 0.15) is 0 Å². The van der Waals surface area contributed by atoms with Gasteiger partial charge >= 0.3 is 0 Å². The number of carbonyl (C=O) groups excluding carboxylic acids is 2. The zero-order valence-electron chi connectivity index (χ0n) is 19.1. The molecule has 2 N–H and O–H groups in total. The summed E-state index contributed by atoms with van der Waals surface area (Å²) in [7, 11) is 0. The minimum Gasteiger partial charge on any atom is -0.366 e. The maximum Gasteiger partial charge on any atom is 0.253 e. The number of fused-ring (bicyclic) bond motifs is 1. The van der Waals surface area contributed by atoms with Crippen LogP contribution in [0.3, 0.4) is 0 Å². The average molecular weight is 442 g/mol. The van der Waals surface area contributed by atoms with Gasteiger partial charge in [-0.1, -0.05) is 61.5 Å². The summed E-state index contributed by atoms with van der Waals surface area (Å²) < 4.78 is 0. The van der Waals surface area contributed by atoms with Crippen molar-refractivity contribution >= 4 is 23.2 Å². The minimum atomic E-state index is -0.119. The predicted octanol–water partition coefficient (Wildman–Crippen LogP) is 4.96. The number of rotatable bonds is 8. The largest absolute Gasteiger partial charge is 0.366 e. The Hall–Kier alpha value is -3.60. The quantitative estimate of drug-likeness (QED) is 0.519. The Bertz CT molecular complexity index is 1110. The Balaban J connectivity index is 1.54. The van der Waals surface area contributed by atoms with Crippen LogP contribution in [0.1, 0.15) is 46.8 Å². The molecule has 0 saturated carbocycles. The molecule has 0 fully saturated rings. The van der Waals surface area contributed by atoms with E-state index in [2.05, 4.69) is 51.9 Å². The van der Waals surface area contributed by atoms with E-state index in [1.54, 1.807) is 6.07 Å². The molecule has 5 nitrogen and oxygen atoms in total. The van der Waals surface area contributed by atoms with Crippen LogP contribution in [0.4, 0.5) is 11.4 Å². The normalized spacial score (nSPS) is 12.7. The van der Waals surface area contributed by atoms with E-state index in [0.29, 0.717) is 24.2 Å². The Labute approximate surface area is 195 Å². The Morgan fingerprint density at radius 1 is 0.939 bits per heavy atom. The zero-order chi connectivity index (χ0) is 23.0. The highest BCUT2D eigenvalue weighted by Gasteiger charge is 2.22. The van der Waals surface area contributed by atoms with Gasteiger partial charge in [-0.2, -0.15) is 0 Å². The molecule has 0 aromatic heterocycles. The van der Waals surface area contributed by atoms with Crippen LogP contribution in [0.2, 0.25) is 0 Å². The molecule has 3 aromatic carbocycles. The molecular formula is C28H31N3O2. The molecule has 1 aliphatic heterocycles. The summed E-state index contributed by atoms with van der Waals surface area (Å²) in [6, 6.07) is 24.3. The first-order chi connectivity index (χ1) is 16.1. The monoisotopic (exact) mass is 441 g/mol. The summed E-state index contributed by atoms with van der Waals surface area (Å²) >= 11 is 0. The Morgan fingerprint density at radius 2 is 1.70 bits per heavy atom. The van der Waals surface area contributed by atoms with Crippen LogP contribution in [0.15, 0.2) is 72.8 Å². The molecule has 170 valence electrons. The Kier molecular flexibility index (Phi) is 7.40. The average Bonchev–Trinajstić information content (AvgIpc) is 2.84. The number of nitrogens with zero attached hydrogens (tertiary/aromatic N) is 1. The number of anilines is 2. The first-order valence-corrected chi connectivity index (χ1v) is 11.7. The van der Waals surface area contributed by atoms with Gasteiger partial charge in [0.15, 0.2) is 0 Å². The fourth-order valence-electron chi connectivity index (χ4n) is 4.28. The molecular weight excluding hydrogens is 410 g/mol. The standard InChI is InChI=1S/C28H31N3O2/c1-2-8-27(32)30-24-13-14-26(31-18-16-22-11-6-7-12-23(22)20-31)25(19-24)28(33)29-17-15-21-9-4-3-5-10-21/h3-7,9-14,19H,2,8,15-18,20H2,1H3,(H,29,33)(H,30,32). The lowest BCUT2D eigenvalue weighted by atomic mass is 9.98. The highest BCUT2D eigenvalue weighted by atomic mass is 16.2. The van der Waals surface area contributed by atoms with E-state index in [1.165, 1.54) is 16.7 Å². The first kappa shape index (κ1) is 22.6. The second-order valence-corrected chi connectivity index (χ2v) is 8.46. The number of hydrogen-bond donors (Lipinski definition) is 2. The van der Waals surface area contributed by atoms with E-state index >= 15 is 0 Å². The van der Waals surface area contributed by atoms with Crippen LogP contribution < -0.4 is 15.5 Å². The number of amides is 2. The fourth-order valence-corrected chi connectivity index (χ4v) is 4.28. The lowest BCUT2D eigenvalue weighted by molar-refractivity contribution is -0.116. The molecule has 0 unspecified atom stereocenters. The van der Waals surface area contributed by atoms with Crippen LogP contribution in [-0.4, -0.2) is 24.9 Å². The molecule has 33 heavy (non-hydrogen) atoms. The molecule has 0 saturated heterocycles. The van der Waals surface area contributed by atoms with E-state index in [0.717, 1.165) is 38.0 Å². The topological polar surface area (TPSA) is 61.4 Å². The summed E-state index contributed by atoms with van der Waals surface area (Å²) in [5, 5.41) is 6.00. The van der Waals surface area contributed by atoms with Crippen LogP contribution >= 0.6 is 0 Å². The molecule has 2 amide bonds. The third kappa shape index (κ3) is 5.80. The van der Waals surface area contributed by atoms with E-state index in [9.17, 15) is 9.59 Å². The molecule has 3 aromatic rings. The van der Waals surface area contributed by atoms with Crippen LogP contribution in [0.5, 0.6) is 0 Å². The third-order valence-electron chi connectivity index (χ3n) is 6.02. The summed E-state index contributed by atoms with van der Waals surface area (Å²) in [6.07, 6.45) is 2.96. The number of hydrogen-bond acceptors (Lipinski definition) is 3. The Morgan fingerprint density at radius 3 is 2.48 bits per heavy atom. The van der Waals surface area contributed by atoms with Crippen LogP contribution in [0.25, 0.3) is 0 Å². The molecule has 5 heteroatoms. The maximum absolute atomic E-state index is 13.3. The first-order valence-electron chi connectivity index (χ1n) is 11.7. The molecule has 0 atom stereocenters. The van der Waals surface area contributed by atoms with E-state index in [-0.39, 0.29) is 11.8 Å². The van der Waals surface area contributed by atoms with Gasteiger partial charge in [-0.25, -0.2) is 0 Å². The van der Waals surface area contributed by atoms with E-state index in [1.807, 2.05) is 37.3 Å². The number of benzene rings is 3. The van der Waals surface area contributed by atoms with Crippen molar-refractivity contribution in [1.29, 1.82) is 0 Å². The van der Waals surface area contributed by atoms with Crippen molar-refractivity contribution in [3.63, 3.8) is 0 Å². The lowest BCUT2D eigenvalue weighted by Crippen LogP contribution is -2.33. The smallest absolute Gasteiger partial charge is 0.253 e. The second kappa shape index (κ2) is 10.8. The van der Waals surface area contributed by atoms with Crippen LogP contribution in [-0.2, 0) is 24.2 Å². The SMILES string of the molecule is CCCC(=O)Nc1ccc(N2CCc3ccccc3C2)c(C(=O)NCCc2ccccc2)c1. The van der Waals surface area contributed by atoms with Crippen molar-refractivity contribution in [1.82, 2.24) is 5.32 Å². The van der Waals surface area contributed by atoms with Gasteiger partial charge in [0.05, 0.1) is 5.56 Å². The maximum atomic E-state index is 13.3. The van der Waals surface area contributed by atoms with Crippen molar-refractivity contribution in [2.45, 2.75) is 39.2 Å². The van der Waals surface area contributed by atoms with Crippen LogP contribution in [0, 0.1) is 0 Å². The van der Waals surface area contributed by atoms with Crippen molar-refractivity contribution in [3.8, 4) is 0 Å².